The number of nitrogens with one attached hydrogen (secondary N) is 1. The molecule has 3 aromatic rings. The maximum absolute atomic E-state index is 12.0. The quantitative estimate of drug-likeness (QED) is 0.694. The lowest BCUT2D eigenvalue weighted by molar-refractivity contribution is 0.0982. The van der Waals surface area contributed by atoms with Crippen molar-refractivity contribution in [1.82, 2.24) is 4.98 Å². The smallest absolute Gasteiger partial charge is 0.163 e. The van der Waals surface area contributed by atoms with E-state index in [1.165, 1.54) is 5.56 Å². The van der Waals surface area contributed by atoms with E-state index in [0.29, 0.717) is 6.42 Å². The summed E-state index contributed by atoms with van der Waals surface area (Å²) in [6.45, 7) is 0. The SMILES string of the molecule is O=C1CCc2c(-c3cccc(Cl)c3)[nH]c3cccc1c23. The largest absolute Gasteiger partial charge is 0.354 e. The predicted octanol–water partition coefficient (Wildman–Crippen LogP) is 4.62. The van der Waals surface area contributed by atoms with Crippen LogP contribution in [0.4, 0.5) is 0 Å². The molecule has 1 aliphatic rings. The van der Waals surface area contributed by atoms with Crippen molar-refractivity contribution in [2.24, 2.45) is 0 Å². The topological polar surface area (TPSA) is 32.9 Å². The average Bonchev–Trinajstić information content (AvgIpc) is 2.83. The molecule has 0 saturated carbocycles. The van der Waals surface area contributed by atoms with Crippen LogP contribution in [0.2, 0.25) is 5.02 Å². The van der Waals surface area contributed by atoms with E-state index in [4.69, 9.17) is 11.6 Å². The standard InChI is InChI=1S/C17H12ClNO/c18-11-4-1-3-10(9-11)17-13-7-8-15(20)12-5-2-6-14(19-17)16(12)13/h1-6,9,19H,7-8H2. The van der Waals surface area contributed by atoms with E-state index in [9.17, 15) is 4.79 Å². The molecule has 1 aliphatic carbocycles. The normalized spacial score (nSPS) is 13.9. The summed E-state index contributed by atoms with van der Waals surface area (Å²) >= 11 is 6.09. The van der Waals surface area contributed by atoms with Gasteiger partial charge in [0.25, 0.3) is 0 Å². The molecule has 1 N–H and O–H groups in total. The predicted molar refractivity (Wildman–Crippen MR) is 81.4 cm³/mol. The van der Waals surface area contributed by atoms with Gasteiger partial charge in [-0.15, -0.1) is 0 Å². The van der Waals surface area contributed by atoms with E-state index in [0.717, 1.165) is 39.2 Å². The van der Waals surface area contributed by atoms with Crippen LogP contribution in [0.3, 0.4) is 0 Å². The van der Waals surface area contributed by atoms with Crippen LogP contribution in [0.1, 0.15) is 22.3 Å². The minimum absolute atomic E-state index is 0.236. The highest BCUT2D eigenvalue weighted by Gasteiger charge is 2.23. The summed E-state index contributed by atoms with van der Waals surface area (Å²) in [6.07, 6.45) is 1.37. The molecule has 20 heavy (non-hydrogen) atoms. The molecule has 4 rings (SSSR count). The molecule has 98 valence electrons. The number of Topliss-reactive ketones (excluding diaryl/α,β-unsaturated/α-hetero) is 1. The molecule has 2 nitrogen and oxygen atoms in total. The van der Waals surface area contributed by atoms with Crippen LogP contribution in [0.15, 0.2) is 42.5 Å². The lowest BCUT2D eigenvalue weighted by atomic mass is 9.89. The first-order chi connectivity index (χ1) is 9.74. The Labute approximate surface area is 121 Å². The maximum Gasteiger partial charge on any atom is 0.163 e. The molecule has 3 heteroatoms. The number of halogens is 1. The molecule has 1 aromatic heterocycles. The van der Waals surface area contributed by atoms with Crippen molar-refractivity contribution in [2.75, 3.05) is 0 Å². The van der Waals surface area contributed by atoms with Gasteiger partial charge < -0.3 is 4.98 Å². The first kappa shape index (κ1) is 11.7. The number of ketones is 1. The third-order valence-corrected chi connectivity index (χ3v) is 4.18. The molecule has 0 aliphatic heterocycles. The Kier molecular flexibility index (Phi) is 2.48. The second-order valence-corrected chi connectivity index (χ2v) is 5.58. The van der Waals surface area contributed by atoms with Crippen molar-refractivity contribution in [2.45, 2.75) is 12.8 Å². The van der Waals surface area contributed by atoms with Gasteiger partial charge in [-0.25, -0.2) is 0 Å². The van der Waals surface area contributed by atoms with E-state index in [-0.39, 0.29) is 5.78 Å². The highest BCUT2D eigenvalue weighted by Crippen LogP contribution is 2.37. The van der Waals surface area contributed by atoms with Gasteiger partial charge in [0.15, 0.2) is 5.78 Å². The Morgan fingerprint density at radius 3 is 2.75 bits per heavy atom. The summed E-state index contributed by atoms with van der Waals surface area (Å²) in [5, 5.41) is 1.80. The monoisotopic (exact) mass is 281 g/mol. The molecule has 0 fully saturated rings. The van der Waals surface area contributed by atoms with E-state index in [1.807, 2.05) is 42.5 Å². The third-order valence-electron chi connectivity index (χ3n) is 3.94. The minimum Gasteiger partial charge on any atom is -0.354 e. The van der Waals surface area contributed by atoms with Crippen LogP contribution in [0.25, 0.3) is 22.2 Å². The first-order valence-corrected chi connectivity index (χ1v) is 7.04. The minimum atomic E-state index is 0.236. The lowest BCUT2D eigenvalue weighted by Gasteiger charge is -2.12. The van der Waals surface area contributed by atoms with E-state index >= 15 is 0 Å². The van der Waals surface area contributed by atoms with Crippen LogP contribution in [-0.2, 0) is 6.42 Å². The lowest BCUT2D eigenvalue weighted by Crippen LogP contribution is -2.07. The van der Waals surface area contributed by atoms with Gasteiger partial charge in [0.2, 0.25) is 0 Å². The Balaban J connectivity index is 2.06. The maximum atomic E-state index is 12.0. The fourth-order valence-electron chi connectivity index (χ4n) is 3.06. The molecule has 0 radical (unpaired) electrons. The molecule has 1 heterocycles. The zero-order chi connectivity index (χ0) is 13.7. The molecule has 2 aromatic carbocycles. The molecular formula is C17H12ClNO. The summed E-state index contributed by atoms with van der Waals surface area (Å²) in [5.74, 6) is 0.236. The Morgan fingerprint density at radius 2 is 1.90 bits per heavy atom. The number of hydrogen-bond acceptors (Lipinski definition) is 1. The van der Waals surface area contributed by atoms with Crippen molar-refractivity contribution in [3.63, 3.8) is 0 Å². The van der Waals surface area contributed by atoms with Gasteiger partial charge in [-0.3, -0.25) is 4.79 Å². The highest BCUT2D eigenvalue weighted by molar-refractivity contribution is 6.30. The second-order valence-electron chi connectivity index (χ2n) is 5.14. The number of benzene rings is 2. The van der Waals surface area contributed by atoms with Gasteiger partial charge in [-0.2, -0.15) is 0 Å². The molecule has 0 spiro atoms. The number of aromatic nitrogens is 1. The van der Waals surface area contributed by atoms with Crippen LogP contribution in [0.5, 0.6) is 0 Å². The van der Waals surface area contributed by atoms with Crippen molar-refractivity contribution >= 4 is 28.3 Å². The molecule has 0 bridgehead atoms. The van der Waals surface area contributed by atoms with Crippen molar-refractivity contribution in [3.05, 3.63) is 58.6 Å². The number of rotatable bonds is 1. The summed E-state index contributed by atoms with van der Waals surface area (Å²) in [7, 11) is 0. The summed E-state index contributed by atoms with van der Waals surface area (Å²) in [5.41, 5.74) is 5.26. The Hall–Kier alpha value is -2.06. The van der Waals surface area contributed by atoms with Crippen LogP contribution in [-0.4, -0.2) is 10.8 Å². The Morgan fingerprint density at radius 1 is 1.05 bits per heavy atom. The number of carbonyl (C=O) groups is 1. The average molecular weight is 282 g/mol. The number of aromatic amines is 1. The van der Waals surface area contributed by atoms with Gasteiger partial charge in [0.05, 0.1) is 0 Å². The summed E-state index contributed by atoms with van der Waals surface area (Å²) in [4.78, 5) is 15.5. The molecule has 0 saturated heterocycles. The summed E-state index contributed by atoms with van der Waals surface area (Å²) < 4.78 is 0. The number of carbonyl (C=O) groups excluding carboxylic acids is 1. The first-order valence-electron chi connectivity index (χ1n) is 6.67. The highest BCUT2D eigenvalue weighted by atomic mass is 35.5. The molecular weight excluding hydrogens is 270 g/mol. The van der Waals surface area contributed by atoms with E-state index in [1.54, 1.807) is 0 Å². The van der Waals surface area contributed by atoms with Gasteiger partial charge in [0, 0.05) is 33.6 Å². The van der Waals surface area contributed by atoms with Crippen molar-refractivity contribution < 1.29 is 4.79 Å². The Bertz CT molecular complexity index is 847. The second kappa shape index (κ2) is 4.22. The van der Waals surface area contributed by atoms with Gasteiger partial charge in [-0.1, -0.05) is 35.9 Å². The summed E-state index contributed by atoms with van der Waals surface area (Å²) in [6, 6.07) is 13.7. The molecule has 0 amide bonds. The fraction of sp³-hybridized carbons (Fsp3) is 0.118. The third kappa shape index (κ3) is 1.61. The van der Waals surface area contributed by atoms with Crippen LogP contribution in [0, 0.1) is 0 Å². The van der Waals surface area contributed by atoms with E-state index < -0.39 is 0 Å². The number of aryl methyl sites for hydroxylation is 1. The van der Waals surface area contributed by atoms with Gasteiger partial charge >= 0.3 is 0 Å². The van der Waals surface area contributed by atoms with Crippen molar-refractivity contribution in [1.29, 1.82) is 0 Å². The number of H-pyrrole nitrogens is 1. The van der Waals surface area contributed by atoms with E-state index in [2.05, 4.69) is 4.98 Å². The van der Waals surface area contributed by atoms with Gasteiger partial charge in [0.1, 0.15) is 0 Å². The number of hydrogen-bond donors (Lipinski definition) is 1. The van der Waals surface area contributed by atoms with Crippen LogP contribution >= 0.6 is 11.6 Å². The fourth-order valence-corrected chi connectivity index (χ4v) is 3.25. The zero-order valence-corrected chi connectivity index (χ0v) is 11.5. The van der Waals surface area contributed by atoms with Crippen molar-refractivity contribution in [3.8, 4) is 11.3 Å². The molecule has 0 unspecified atom stereocenters. The van der Waals surface area contributed by atoms with Gasteiger partial charge in [-0.05, 0) is 35.7 Å². The van der Waals surface area contributed by atoms with Crippen LogP contribution < -0.4 is 0 Å². The zero-order valence-electron chi connectivity index (χ0n) is 10.7. The molecule has 0 atom stereocenters.